The molecule has 3 rings (SSSR count). The Morgan fingerprint density at radius 3 is 2.86 bits per heavy atom. The number of carbonyl (C=O) groups is 1. The summed E-state index contributed by atoms with van der Waals surface area (Å²) in [5.41, 5.74) is 6.96. The van der Waals surface area contributed by atoms with Crippen molar-refractivity contribution in [2.45, 2.75) is 33.1 Å². The maximum atomic E-state index is 12.8. The fourth-order valence-corrected chi connectivity index (χ4v) is 4.12. The minimum atomic E-state index is 0.0410. The summed E-state index contributed by atoms with van der Waals surface area (Å²) in [4.78, 5) is 16.0. The van der Waals surface area contributed by atoms with E-state index >= 15 is 0 Å². The monoisotopic (exact) mass is 304 g/mol. The van der Waals surface area contributed by atoms with Crippen molar-refractivity contribution in [1.29, 1.82) is 0 Å². The zero-order valence-corrected chi connectivity index (χ0v) is 13.2. The summed E-state index contributed by atoms with van der Waals surface area (Å²) in [6, 6.07) is 1.82. The van der Waals surface area contributed by atoms with Crippen molar-refractivity contribution in [3.05, 3.63) is 17.1 Å². The van der Waals surface area contributed by atoms with Crippen molar-refractivity contribution >= 4 is 33.1 Å². The van der Waals surface area contributed by atoms with E-state index in [0.717, 1.165) is 42.6 Å². The van der Waals surface area contributed by atoms with E-state index in [1.54, 1.807) is 6.20 Å². The SMILES string of the molecule is CCC1(CC)CCN(C(=O)c2sc3nnccc3c2N)C1. The minimum Gasteiger partial charge on any atom is -0.397 e. The van der Waals surface area contributed by atoms with E-state index in [-0.39, 0.29) is 11.3 Å². The second-order valence-electron chi connectivity index (χ2n) is 5.78. The molecule has 3 heterocycles. The number of thiophene rings is 1. The summed E-state index contributed by atoms with van der Waals surface area (Å²) in [5.74, 6) is 0.0410. The van der Waals surface area contributed by atoms with E-state index in [9.17, 15) is 4.79 Å². The van der Waals surface area contributed by atoms with Gasteiger partial charge in [0.25, 0.3) is 5.91 Å². The van der Waals surface area contributed by atoms with Crippen LogP contribution in [0.3, 0.4) is 0 Å². The largest absolute Gasteiger partial charge is 0.397 e. The topological polar surface area (TPSA) is 72.1 Å². The van der Waals surface area contributed by atoms with Gasteiger partial charge in [-0.2, -0.15) is 5.10 Å². The lowest BCUT2D eigenvalue weighted by atomic mass is 9.82. The second kappa shape index (κ2) is 5.26. The summed E-state index contributed by atoms with van der Waals surface area (Å²) < 4.78 is 0. The quantitative estimate of drug-likeness (QED) is 0.946. The van der Waals surface area contributed by atoms with Crippen LogP contribution in [0.5, 0.6) is 0 Å². The fraction of sp³-hybridized carbons (Fsp3) is 0.533. The van der Waals surface area contributed by atoms with Crippen LogP contribution in [0.2, 0.25) is 0 Å². The number of aromatic nitrogens is 2. The molecule has 1 aliphatic rings. The zero-order chi connectivity index (χ0) is 15.0. The van der Waals surface area contributed by atoms with E-state index in [1.165, 1.54) is 11.3 Å². The predicted octanol–water partition coefficient (Wildman–Crippen LogP) is 2.93. The third-order valence-corrected chi connectivity index (χ3v) is 5.93. The molecule has 2 N–H and O–H groups in total. The van der Waals surface area contributed by atoms with Crippen molar-refractivity contribution < 1.29 is 4.79 Å². The van der Waals surface area contributed by atoms with Gasteiger partial charge in [-0.3, -0.25) is 4.79 Å². The van der Waals surface area contributed by atoms with Crippen molar-refractivity contribution in [2.24, 2.45) is 5.41 Å². The van der Waals surface area contributed by atoms with Crippen LogP contribution in [-0.2, 0) is 0 Å². The van der Waals surface area contributed by atoms with E-state index in [1.807, 2.05) is 11.0 Å². The van der Waals surface area contributed by atoms with Gasteiger partial charge in [-0.25, -0.2) is 0 Å². The molecule has 1 amide bonds. The molecule has 6 heteroatoms. The number of anilines is 1. The molecule has 21 heavy (non-hydrogen) atoms. The lowest BCUT2D eigenvalue weighted by Gasteiger charge is -2.26. The summed E-state index contributed by atoms with van der Waals surface area (Å²) in [6.45, 7) is 6.07. The molecular weight excluding hydrogens is 284 g/mol. The third-order valence-electron chi connectivity index (χ3n) is 4.84. The van der Waals surface area contributed by atoms with Gasteiger partial charge in [0.05, 0.1) is 11.9 Å². The molecule has 1 fully saturated rings. The number of fused-ring (bicyclic) bond motifs is 1. The molecule has 0 spiro atoms. The minimum absolute atomic E-state index is 0.0410. The summed E-state index contributed by atoms with van der Waals surface area (Å²) in [6.07, 6.45) is 4.91. The van der Waals surface area contributed by atoms with Crippen LogP contribution in [0.25, 0.3) is 10.2 Å². The van der Waals surface area contributed by atoms with Crippen molar-refractivity contribution in [3.63, 3.8) is 0 Å². The Bertz CT molecular complexity index is 677. The Hall–Kier alpha value is -1.69. The predicted molar refractivity (Wildman–Crippen MR) is 85.4 cm³/mol. The summed E-state index contributed by atoms with van der Waals surface area (Å²) >= 11 is 1.34. The van der Waals surface area contributed by atoms with E-state index < -0.39 is 0 Å². The van der Waals surface area contributed by atoms with Gasteiger partial charge in [0.1, 0.15) is 9.71 Å². The molecule has 112 valence electrons. The van der Waals surface area contributed by atoms with Gasteiger partial charge in [-0.05, 0) is 30.7 Å². The Labute approximate surface area is 128 Å². The highest BCUT2D eigenvalue weighted by atomic mass is 32.1. The van der Waals surface area contributed by atoms with Gasteiger partial charge in [0.2, 0.25) is 0 Å². The Morgan fingerprint density at radius 2 is 2.24 bits per heavy atom. The molecule has 2 aromatic rings. The molecule has 1 aliphatic heterocycles. The highest BCUT2D eigenvalue weighted by Crippen LogP contribution is 2.39. The van der Waals surface area contributed by atoms with Crippen molar-refractivity contribution in [1.82, 2.24) is 15.1 Å². The van der Waals surface area contributed by atoms with E-state index in [0.29, 0.717) is 10.6 Å². The van der Waals surface area contributed by atoms with E-state index in [4.69, 9.17) is 5.73 Å². The number of hydrogen-bond acceptors (Lipinski definition) is 5. The number of nitrogens with two attached hydrogens (primary N) is 1. The van der Waals surface area contributed by atoms with Gasteiger partial charge in [-0.15, -0.1) is 16.4 Å². The van der Waals surface area contributed by atoms with Crippen LogP contribution in [-0.4, -0.2) is 34.1 Å². The molecule has 2 aromatic heterocycles. The lowest BCUT2D eigenvalue weighted by molar-refractivity contribution is 0.0775. The Morgan fingerprint density at radius 1 is 1.48 bits per heavy atom. The van der Waals surface area contributed by atoms with Crippen LogP contribution in [0.1, 0.15) is 42.8 Å². The maximum absolute atomic E-state index is 12.8. The molecular formula is C15H20N4OS. The Kier molecular flexibility index (Phi) is 3.57. The number of nitrogens with zero attached hydrogens (tertiary/aromatic N) is 3. The molecule has 0 saturated carbocycles. The normalized spacial score (nSPS) is 17.5. The van der Waals surface area contributed by atoms with Crippen LogP contribution in [0.4, 0.5) is 5.69 Å². The number of likely N-dealkylation sites (tertiary alicyclic amines) is 1. The van der Waals surface area contributed by atoms with Crippen molar-refractivity contribution in [3.8, 4) is 0 Å². The first-order chi connectivity index (χ1) is 10.1. The standard InChI is InChI=1S/C15H20N4OS/c1-3-15(4-2)6-8-19(9-15)14(20)12-11(16)10-5-7-17-18-13(10)21-12/h5,7H,3-4,6,8-9,16H2,1-2H3. The molecule has 0 radical (unpaired) electrons. The molecule has 0 atom stereocenters. The van der Waals surface area contributed by atoms with Gasteiger partial charge in [0.15, 0.2) is 0 Å². The number of nitrogen functional groups attached to an aromatic ring is 1. The first-order valence-corrected chi connectivity index (χ1v) is 8.21. The molecule has 0 aliphatic carbocycles. The smallest absolute Gasteiger partial charge is 0.266 e. The molecule has 1 saturated heterocycles. The van der Waals surface area contributed by atoms with Gasteiger partial charge < -0.3 is 10.6 Å². The second-order valence-corrected chi connectivity index (χ2v) is 6.78. The lowest BCUT2D eigenvalue weighted by Crippen LogP contribution is -2.31. The van der Waals surface area contributed by atoms with Gasteiger partial charge >= 0.3 is 0 Å². The number of carbonyl (C=O) groups excluding carboxylic acids is 1. The highest BCUT2D eigenvalue weighted by Gasteiger charge is 2.38. The molecule has 0 aromatic carbocycles. The molecule has 0 bridgehead atoms. The van der Waals surface area contributed by atoms with Crippen LogP contribution in [0, 0.1) is 5.41 Å². The highest BCUT2D eigenvalue weighted by molar-refractivity contribution is 7.21. The summed E-state index contributed by atoms with van der Waals surface area (Å²) in [5, 5.41) is 8.73. The number of amides is 1. The Balaban J connectivity index is 1.90. The third kappa shape index (κ3) is 2.27. The summed E-state index contributed by atoms with van der Waals surface area (Å²) in [7, 11) is 0. The molecule has 0 unspecified atom stereocenters. The number of rotatable bonds is 3. The van der Waals surface area contributed by atoms with Crippen LogP contribution >= 0.6 is 11.3 Å². The van der Waals surface area contributed by atoms with Gasteiger partial charge in [-0.1, -0.05) is 13.8 Å². The average Bonchev–Trinajstić information content (AvgIpc) is 3.10. The van der Waals surface area contributed by atoms with E-state index in [2.05, 4.69) is 24.0 Å². The van der Waals surface area contributed by atoms with Crippen molar-refractivity contribution in [2.75, 3.05) is 18.8 Å². The number of hydrogen-bond donors (Lipinski definition) is 1. The fourth-order valence-electron chi connectivity index (χ4n) is 3.11. The average molecular weight is 304 g/mol. The molecule has 5 nitrogen and oxygen atoms in total. The zero-order valence-electron chi connectivity index (χ0n) is 12.4. The first-order valence-electron chi connectivity index (χ1n) is 7.39. The van der Waals surface area contributed by atoms with Crippen LogP contribution in [0.15, 0.2) is 12.3 Å². The van der Waals surface area contributed by atoms with Gasteiger partial charge in [0, 0.05) is 18.5 Å². The maximum Gasteiger partial charge on any atom is 0.266 e. The van der Waals surface area contributed by atoms with Crippen LogP contribution < -0.4 is 5.73 Å². The first kappa shape index (κ1) is 14.3.